The Kier molecular flexibility index (Phi) is 6.21. The molecule has 0 aliphatic carbocycles. The Morgan fingerprint density at radius 1 is 1.08 bits per heavy atom. The maximum Gasteiger partial charge on any atom is 0.241 e. The second-order valence-electron chi connectivity index (χ2n) is 6.48. The van der Waals surface area contributed by atoms with E-state index in [4.69, 9.17) is 16.3 Å². The van der Waals surface area contributed by atoms with Gasteiger partial charge in [-0.05, 0) is 12.1 Å². The Morgan fingerprint density at radius 2 is 1.73 bits per heavy atom. The highest BCUT2D eigenvalue weighted by Gasteiger charge is 2.23. The summed E-state index contributed by atoms with van der Waals surface area (Å²) >= 11 is 6.42. The summed E-state index contributed by atoms with van der Waals surface area (Å²) in [4.78, 5) is 29.7. The molecule has 0 saturated carbocycles. The van der Waals surface area contributed by atoms with Crippen LogP contribution >= 0.6 is 11.6 Å². The molecule has 2 amide bonds. The van der Waals surface area contributed by atoms with Crippen molar-refractivity contribution in [3.05, 3.63) is 23.2 Å². The van der Waals surface area contributed by atoms with Gasteiger partial charge in [-0.3, -0.25) is 9.59 Å². The first-order chi connectivity index (χ1) is 12.6. The van der Waals surface area contributed by atoms with Gasteiger partial charge in [0, 0.05) is 46.2 Å². The number of ether oxygens (including phenoxy) is 1. The monoisotopic (exact) mass is 380 g/mol. The predicted molar refractivity (Wildman–Crippen MR) is 102 cm³/mol. The third-order valence-corrected chi connectivity index (χ3v) is 5.13. The van der Waals surface area contributed by atoms with E-state index in [1.807, 2.05) is 18.2 Å². The summed E-state index contributed by atoms with van der Waals surface area (Å²) in [6.07, 6.45) is 0. The van der Waals surface area contributed by atoms with Gasteiger partial charge in [0.2, 0.25) is 11.8 Å². The lowest BCUT2D eigenvalue weighted by Gasteiger charge is -2.34. The molecule has 0 bridgehead atoms. The van der Waals surface area contributed by atoms with E-state index < -0.39 is 0 Å². The summed E-state index contributed by atoms with van der Waals surface area (Å²) in [6, 6.07) is 5.68. The summed E-state index contributed by atoms with van der Waals surface area (Å²) in [5.41, 5.74) is 1.78. The lowest BCUT2D eigenvalue weighted by Crippen LogP contribution is -2.51. The quantitative estimate of drug-likeness (QED) is 0.852. The number of halogens is 1. The predicted octanol–water partition coefficient (Wildman–Crippen LogP) is 1.28. The van der Waals surface area contributed by atoms with Gasteiger partial charge in [-0.1, -0.05) is 17.7 Å². The molecule has 142 valence electrons. The van der Waals surface area contributed by atoms with Crippen LogP contribution < -0.4 is 10.2 Å². The smallest absolute Gasteiger partial charge is 0.241 e. The Balaban J connectivity index is 1.60. The number of hydrogen-bond donors (Lipinski definition) is 1. The maximum absolute atomic E-state index is 12.5. The largest absolute Gasteiger partial charge is 0.378 e. The van der Waals surface area contributed by atoms with Crippen LogP contribution in [0.5, 0.6) is 0 Å². The van der Waals surface area contributed by atoms with Crippen molar-refractivity contribution in [2.24, 2.45) is 0 Å². The minimum Gasteiger partial charge on any atom is -0.378 e. The fourth-order valence-electron chi connectivity index (χ4n) is 3.32. The zero-order valence-corrected chi connectivity index (χ0v) is 15.8. The molecule has 7 nitrogen and oxygen atoms in total. The second-order valence-corrected chi connectivity index (χ2v) is 6.88. The van der Waals surface area contributed by atoms with Gasteiger partial charge in [0.1, 0.15) is 0 Å². The number of amides is 2. The molecule has 1 N–H and O–H groups in total. The molecule has 2 saturated heterocycles. The highest BCUT2D eigenvalue weighted by atomic mass is 35.5. The van der Waals surface area contributed by atoms with E-state index in [9.17, 15) is 9.59 Å². The van der Waals surface area contributed by atoms with Gasteiger partial charge >= 0.3 is 0 Å². The van der Waals surface area contributed by atoms with Crippen LogP contribution in [0.4, 0.5) is 11.4 Å². The van der Waals surface area contributed by atoms with E-state index in [1.54, 1.807) is 16.7 Å². The molecule has 0 unspecified atom stereocenters. The molecule has 1 aromatic rings. The minimum absolute atomic E-state index is 0.0288. The number of nitrogens with one attached hydrogen (secondary N) is 1. The third-order valence-electron chi connectivity index (χ3n) is 4.82. The number of anilines is 2. The van der Waals surface area contributed by atoms with E-state index in [-0.39, 0.29) is 18.4 Å². The molecular weight excluding hydrogens is 356 g/mol. The van der Waals surface area contributed by atoms with Crippen molar-refractivity contribution in [3.63, 3.8) is 0 Å². The van der Waals surface area contributed by atoms with Crippen molar-refractivity contribution in [2.45, 2.75) is 6.92 Å². The normalized spacial score (nSPS) is 18.0. The summed E-state index contributed by atoms with van der Waals surface area (Å²) in [5, 5.41) is 3.91. The summed E-state index contributed by atoms with van der Waals surface area (Å²) in [7, 11) is 0. The fraction of sp³-hybridized carbons (Fsp3) is 0.556. The number of nitrogens with zero attached hydrogens (tertiary/aromatic N) is 3. The van der Waals surface area contributed by atoms with Gasteiger partial charge in [0.15, 0.2) is 0 Å². The van der Waals surface area contributed by atoms with Crippen LogP contribution in [0.1, 0.15) is 6.92 Å². The second kappa shape index (κ2) is 8.60. The zero-order valence-electron chi connectivity index (χ0n) is 15.0. The molecule has 0 aromatic heterocycles. The molecule has 3 rings (SSSR count). The zero-order chi connectivity index (χ0) is 18.5. The van der Waals surface area contributed by atoms with Crippen LogP contribution in [-0.4, -0.2) is 80.6 Å². The van der Waals surface area contributed by atoms with Gasteiger partial charge in [0.05, 0.1) is 36.2 Å². The molecule has 26 heavy (non-hydrogen) atoms. The van der Waals surface area contributed by atoms with E-state index in [1.165, 1.54) is 0 Å². The molecule has 2 aliphatic rings. The average molecular weight is 381 g/mol. The molecule has 8 heteroatoms. The standard InChI is InChI=1S/C18H25ClN4O3/c1-14(24)21-5-7-22(8-6-21)17(25)13-20-16-4-2-3-15(19)18(16)23-9-11-26-12-10-23/h2-4,20H,5-13H2,1H3. The van der Waals surface area contributed by atoms with Crippen LogP contribution in [0.25, 0.3) is 0 Å². The van der Waals surface area contributed by atoms with Gasteiger partial charge in [-0.25, -0.2) is 0 Å². The number of piperazine rings is 1. The first-order valence-corrected chi connectivity index (χ1v) is 9.32. The van der Waals surface area contributed by atoms with Gasteiger partial charge in [0.25, 0.3) is 0 Å². The first-order valence-electron chi connectivity index (χ1n) is 8.94. The lowest BCUT2D eigenvalue weighted by atomic mass is 10.2. The Morgan fingerprint density at radius 3 is 2.38 bits per heavy atom. The van der Waals surface area contributed by atoms with Gasteiger partial charge < -0.3 is 24.8 Å². The topological polar surface area (TPSA) is 65.1 Å². The molecule has 2 aliphatic heterocycles. The van der Waals surface area contributed by atoms with E-state index in [0.717, 1.165) is 24.5 Å². The molecule has 2 heterocycles. The average Bonchev–Trinajstić information content (AvgIpc) is 2.67. The Labute approximate surface area is 158 Å². The van der Waals surface area contributed by atoms with E-state index >= 15 is 0 Å². The molecule has 0 spiro atoms. The van der Waals surface area contributed by atoms with Gasteiger partial charge in [-0.15, -0.1) is 0 Å². The fourth-order valence-corrected chi connectivity index (χ4v) is 3.61. The molecule has 2 fully saturated rings. The van der Waals surface area contributed by atoms with Crippen molar-refractivity contribution in [3.8, 4) is 0 Å². The van der Waals surface area contributed by atoms with Crippen LogP contribution in [0.2, 0.25) is 5.02 Å². The van der Waals surface area contributed by atoms with Crippen molar-refractivity contribution in [1.82, 2.24) is 9.80 Å². The van der Waals surface area contributed by atoms with Gasteiger partial charge in [-0.2, -0.15) is 0 Å². The Hall–Kier alpha value is -1.99. The summed E-state index contributed by atoms with van der Waals surface area (Å²) < 4.78 is 5.41. The minimum atomic E-state index is 0.0288. The number of carbonyl (C=O) groups excluding carboxylic acids is 2. The van der Waals surface area contributed by atoms with Crippen LogP contribution in [-0.2, 0) is 14.3 Å². The van der Waals surface area contributed by atoms with E-state index in [2.05, 4.69) is 10.2 Å². The number of para-hydroxylation sites is 1. The number of rotatable bonds is 4. The van der Waals surface area contributed by atoms with Crippen LogP contribution in [0.3, 0.4) is 0 Å². The van der Waals surface area contributed by atoms with Crippen molar-refractivity contribution in [2.75, 3.05) is 69.2 Å². The molecule has 1 aromatic carbocycles. The maximum atomic E-state index is 12.5. The van der Waals surface area contributed by atoms with Crippen LogP contribution in [0, 0.1) is 0 Å². The molecule has 0 atom stereocenters. The highest BCUT2D eigenvalue weighted by Crippen LogP contribution is 2.34. The van der Waals surface area contributed by atoms with Crippen molar-refractivity contribution < 1.29 is 14.3 Å². The molecule has 0 radical (unpaired) electrons. The SMILES string of the molecule is CC(=O)N1CCN(C(=O)CNc2cccc(Cl)c2N2CCOCC2)CC1. The number of carbonyl (C=O) groups is 2. The van der Waals surface area contributed by atoms with Crippen molar-refractivity contribution in [1.29, 1.82) is 0 Å². The van der Waals surface area contributed by atoms with Crippen LogP contribution in [0.15, 0.2) is 18.2 Å². The highest BCUT2D eigenvalue weighted by molar-refractivity contribution is 6.34. The Bertz CT molecular complexity index is 656. The lowest BCUT2D eigenvalue weighted by molar-refractivity contribution is -0.137. The number of hydrogen-bond acceptors (Lipinski definition) is 5. The molecular formula is C18H25ClN4O3. The van der Waals surface area contributed by atoms with E-state index in [0.29, 0.717) is 44.4 Å². The number of benzene rings is 1. The number of morpholine rings is 1. The first kappa shape index (κ1) is 18.8. The summed E-state index contributed by atoms with van der Waals surface area (Å²) in [5.74, 6) is 0.0883. The van der Waals surface area contributed by atoms with Crippen molar-refractivity contribution >= 4 is 34.8 Å². The third kappa shape index (κ3) is 4.40. The summed E-state index contributed by atoms with van der Waals surface area (Å²) in [6.45, 7) is 7.00.